The van der Waals surface area contributed by atoms with Crippen molar-refractivity contribution in [2.24, 2.45) is 10.9 Å². The van der Waals surface area contributed by atoms with Crippen LogP contribution in [0.15, 0.2) is 4.99 Å². The highest BCUT2D eigenvalue weighted by Crippen LogP contribution is 2.09. The molecule has 0 amide bonds. The molecule has 4 nitrogen and oxygen atoms in total. The summed E-state index contributed by atoms with van der Waals surface area (Å²) >= 11 is 0. The molecule has 0 atom stereocenters. The van der Waals surface area contributed by atoms with Gasteiger partial charge in [-0.05, 0) is 18.8 Å². The SMILES string of the molecule is CC(C)CN1CN=CN1CCCCCCO. The van der Waals surface area contributed by atoms with Gasteiger partial charge in [-0.15, -0.1) is 0 Å². The number of unbranched alkanes of at least 4 members (excludes halogenated alkanes) is 3. The lowest BCUT2D eigenvalue weighted by Crippen LogP contribution is -2.40. The highest BCUT2D eigenvalue weighted by atomic mass is 16.2. The van der Waals surface area contributed by atoms with E-state index in [1.165, 1.54) is 12.8 Å². The minimum absolute atomic E-state index is 0.324. The largest absolute Gasteiger partial charge is 0.396 e. The Balaban J connectivity index is 2.12. The van der Waals surface area contributed by atoms with Crippen LogP contribution in [0.25, 0.3) is 0 Å². The summed E-state index contributed by atoms with van der Waals surface area (Å²) in [5.41, 5.74) is 0. The van der Waals surface area contributed by atoms with Gasteiger partial charge in [0.15, 0.2) is 0 Å². The molecule has 0 saturated carbocycles. The van der Waals surface area contributed by atoms with E-state index in [0.717, 1.165) is 32.6 Å². The molecule has 4 heteroatoms. The Morgan fingerprint density at radius 2 is 2.00 bits per heavy atom. The topological polar surface area (TPSA) is 39.1 Å². The number of aliphatic hydroxyl groups is 1. The van der Waals surface area contributed by atoms with E-state index in [4.69, 9.17) is 5.11 Å². The summed E-state index contributed by atoms with van der Waals surface area (Å²) in [6.45, 7) is 7.74. The first kappa shape index (κ1) is 13.5. The Morgan fingerprint density at radius 1 is 1.25 bits per heavy atom. The molecule has 1 aliphatic rings. The van der Waals surface area contributed by atoms with Gasteiger partial charge in [-0.25, -0.2) is 0 Å². The van der Waals surface area contributed by atoms with Crippen molar-refractivity contribution in [1.82, 2.24) is 10.0 Å². The molecule has 1 rings (SSSR count). The van der Waals surface area contributed by atoms with Crippen LogP contribution in [0.4, 0.5) is 0 Å². The van der Waals surface area contributed by atoms with E-state index in [1.54, 1.807) is 0 Å². The van der Waals surface area contributed by atoms with E-state index in [0.29, 0.717) is 12.5 Å². The first-order valence-corrected chi connectivity index (χ1v) is 6.36. The van der Waals surface area contributed by atoms with Crippen LogP contribution in [-0.2, 0) is 0 Å². The smallest absolute Gasteiger partial charge is 0.110 e. The zero-order valence-corrected chi connectivity index (χ0v) is 10.6. The molecule has 0 saturated heterocycles. The average molecular weight is 227 g/mol. The molecular formula is C12H25N3O. The van der Waals surface area contributed by atoms with Gasteiger partial charge in [0.25, 0.3) is 0 Å². The molecule has 0 unspecified atom stereocenters. The lowest BCUT2D eigenvalue weighted by molar-refractivity contribution is 0.0582. The molecule has 0 radical (unpaired) electrons. The van der Waals surface area contributed by atoms with Crippen LogP contribution in [0.1, 0.15) is 39.5 Å². The van der Waals surface area contributed by atoms with Crippen molar-refractivity contribution in [3.8, 4) is 0 Å². The molecular weight excluding hydrogens is 202 g/mol. The normalized spacial score (nSPS) is 16.6. The van der Waals surface area contributed by atoms with Gasteiger partial charge in [-0.1, -0.05) is 26.7 Å². The second-order valence-electron chi connectivity index (χ2n) is 4.82. The van der Waals surface area contributed by atoms with E-state index >= 15 is 0 Å². The Morgan fingerprint density at radius 3 is 2.69 bits per heavy atom. The van der Waals surface area contributed by atoms with Gasteiger partial charge in [0.05, 0.1) is 0 Å². The lowest BCUT2D eigenvalue weighted by Gasteiger charge is -2.28. The Labute approximate surface area is 98.9 Å². The van der Waals surface area contributed by atoms with Gasteiger partial charge in [0.1, 0.15) is 13.0 Å². The molecule has 1 N–H and O–H groups in total. The van der Waals surface area contributed by atoms with Crippen LogP contribution in [0.2, 0.25) is 0 Å². The van der Waals surface area contributed by atoms with E-state index in [2.05, 4.69) is 28.9 Å². The monoisotopic (exact) mass is 227 g/mol. The minimum Gasteiger partial charge on any atom is -0.396 e. The maximum absolute atomic E-state index is 8.68. The van der Waals surface area contributed by atoms with E-state index in [9.17, 15) is 0 Å². The molecule has 0 aromatic heterocycles. The van der Waals surface area contributed by atoms with Crippen LogP contribution < -0.4 is 0 Å². The van der Waals surface area contributed by atoms with Crippen LogP contribution in [0.3, 0.4) is 0 Å². The summed E-state index contributed by atoms with van der Waals surface area (Å²) < 4.78 is 0. The number of rotatable bonds is 8. The number of hydrogen-bond acceptors (Lipinski definition) is 4. The maximum Gasteiger partial charge on any atom is 0.110 e. The van der Waals surface area contributed by atoms with Gasteiger partial charge in [-0.3, -0.25) is 10.0 Å². The molecule has 0 spiro atoms. The van der Waals surface area contributed by atoms with Crippen molar-refractivity contribution in [3.05, 3.63) is 0 Å². The second kappa shape index (κ2) is 7.63. The number of hydrazine groups is 1. The van der Waals surface area contributed by atoms with E-state index in [1.807, 2.05) is 6.34 Å². The Bertz CT molecular complexity index is 206. The first-order chi connectivity index (χ1) is 7.74. The number of aliphatic hydroxyl groups excluding tert-OH is 1. The standard InChI is InChI=1S/C12H25N3O/c1-12(2)9-15-11-13-10-14(15)7-5-3-4-6-8-16/h10,12,16H,3-9,11H2,1-2H3. The predicted molar refractivity (Wildman–Crippen MR) is 67.2 cm³/mol. The minimum atomic E-state index is 0.324. The Kier molecular flexibility index (Phi) is 6.42. The van der Waals surface area contributed by atoms with Gasteiger partial charge >= 0.3 is 0 Å². The average Bonchev–Trinajstić information content (AvgIpc) is 2.64. The molecule has 1 heterocycles. The molecule has 94 valence electrons. The third-order valence-corrected chi connectivity index (χ3v) is 2.69. The van der Waals surface area contributed by atoms with Crippen molar-refractivity contribution in [2.75, 3.05) is 26.4 Å². The second-order valence-corrected chi connectivity index (χ2v) is 4.82. The summed E-state index contributed by atoms with van der Waals surface area (Å²) in [5, 5.41) is 13.2. The Hall–Kier alpha value is -0.610. The molecule has 0 bridgehead atoms. The molecule has 1 aliphatic heterocycles. The van der Waals surface area contributed by atoms with Crippen LogP contribution >= 0.6 is 0 Å². The fraction of sp³-hybridized carbons (Fsp3) is 0.917. The highest BCUT2D eigenvalue weighted by molar-refractivity contribution is 5.55. The molecule has 0 fully saturated rings. The zero-order chi connectivity index (χ0) is 11.8. The highest BCUT2D eigenvalue weighted by Gasteiger charge is 2.17. The van der Waals surface area contributed by atoms with Gasteiger partial charge in [0.2, 0.25) is 0 Å². The van der Waals surface area contributed by atoms with Crippen molar-refractivity contribution in [1.29, 1.82) is 0 Å². The maximum atomic E-state index is 8.68. The lowest BCUT2D eigenvalue weighted by atomic mass is 10.2. The summed E-state index contributed by atoms with van der Waals surface area (Å²) in [4.78, 5) is 4.30. The molecule has 0 aliphatic carbocycles. The van der Waals surface area contributed by atoms with Crippen molar-refractivity contribution < 1.29 is 5.11 Å². The van der Waals surface area contributed by atoms with Crippen molar-refractivity contribution in [3.63, 3.8) is 0 Å². The van der Waals surface area contributed by atoms with E-state index < -0.39 is 0 Å². The number of nitrogens with zero attached hydrogens (tertiary/aromatic N) is 3. The molecule has 0 aromatic rings. The van der Waals surface area contributed by atoms with Crippen LogP contribution in [0.5, 0.6) is 0 Å². The summed E-state index contributed by atoms with van der Waals surface area (Å²) in [5.74, 6) is 0.679. The third-order valence-electron chi connectivity index (χ3n) is 2.69. The third kappa shape index (κ3) is 4.94. The van der Waals surface area contributed by atoms with Crippen molar-refractivity contribution in [2.45, 2.75) is 39.5 Å². The van der Waals surface area contributed by atoms with E-state index in [-0.39, 0.29) is 0 Å². The fourth-order valence-corrected chi connectivity index (χ4v) is 1.90. The van der Waals surface area contributed by atoms with Gasteiger partial charge in [0, 0.05) is 19.7 Å². The first-order valence-electron chi connectivity index (χ1n) is 6.36. The van der Waals surface area contributed by atoms with Gasteiger partial charge < -0.3 is 5.11 Å². The van der Waals surface area contributed by atoms with Crippen LogP contribution in [-0.4, -0.2) is 47.8 Å². The number of aliphatic imine (C=N–C) groups is 1. The summed E-state index contributed by atoms with van der Waals surface area (Å²) in [7, 11) is 0. The summed E-state index contributed by atoms with van der Waals surface area (Å²) in [6.07, 6.45) is 6.39. The summed E-state index contributed by atoms with van der Waals surface area (Å²) in [6, 6.07) is 0. The predicted octanol–water partition coefficient (Wildman–Crippen LogP) is 1.71. The fourth-order valence-electron chi connectivity index (χ4n) is 1.90. The quantitative estimate of drug-likeness (QED) is 0.642. The number of hydrogen-bond donors (Lipinski definition) is 1. The molecule has 16 heavy (non-hydrogen) atoms. The van der Waals surface area contributed by atoms with Crippen LogP contribution in [0, 0.1) is 5.92 Å². The zero-order valence-electron chi connectivity index (χ0n) is 10.6. The van der Waals surface area contributed by atoms with Gasteiger partial charge in [-0.2, -0.15) is 5.01 Å². The van der Waals surface area contributed by atoms with Crippen molar-refractivity contribution >= 4 is 6.34 Å². The molecule has 0 aromatic carbocycles.